The zero-order chi connectivity index (χ0) is 23.0. The summed E-state index contributed by atoms with van der Waals surface area (Å²) >= 11 is 5.22. The average molecular weight is 455 g/mol. The highest BCUT2D eigenvalue weighted by atomic mass is 35.5. The van der Waals surface area contributed by atoms with E-state index in [1.54, 1.807) is 0 Å². The number of carbonyl (C=O) groups is 1. The van der Waals surface area contributed by atoms with E-state index in [1.807, 2.05) is 5.92 Å². The number of hydrogen-bond donors (Lipinski definition) is 0. The van der Waals surface area contributed by atoms with Crippen LogP contribution in [0.15, 0.2) is 11.1 Å². The maximum atomic E-state index is 14.4. The summed E-state index contributed by atoms with van der Waals surface area (Å²) in [5.41, 5.74) is -2.31. The smallest absolute Gasteiger partial charge is 0.426 e. The molecule has 0 saturated heterocycles. The van der Waals surface area contributed by atoms with Crippen LogP contribution in [0.4, 0.5) is 26.3 Å². The minimum Gasteiger partial charge on any atom is -0.493 e. The van der Waals surface area contributed by atoms with Crippen molar-refractivity contribution in [2.24, 2.45) is 17.3 Å². The highest BCUT2D eigenvalue weighted by Crippen LogP contribution is 2.60. The Hall–Kier alpha value is -2.34. The van der Waals surface area contributed by atoms with Crippen molar-refractivity contribution in [1.82, 2.24) is 0 Å². The van der Waals surface area contributed by atoms with E-state index in [-0.39, 0.29) is 0 Å². The van der Waals surface area contributed by atoms with E-state index >= 15 is 0 Å². The van der Waals surface area contributed by atoms with Crippen molar-refractivity contribution in [3.63, 3.8) is 0 Å². The summed E-state index contributed by atoms with van der Waals surface area (Å²) in [5.74, 6) is -5.81. The third-order valence-corrected chi connectivity index (χ3v) is 5.40. The molecule has 1 aromatic carbocycles. The quantitative estimate of drug-likeness (QED) is 0.254. The van der Waals surface area contributed by atoms with E-state index in [0.29, 0.717) is 6.08 Å². The third-order valence-electron chi connectivity index (χ3n) is 5.06. The van der Waals surface area contributed by atoms with Gasteiger partial charge in [-0.05, 0) is 11.3 Å². The molecule has 0 bridgehead atoms. The molecule has 2 atom stereocenters. The van der Waals surface area contributed by atoms with E-state index in [4.69, 9.17) is 27.5 Å². The summed E-state index contributed by atoms with van der Waals surface area (Å²) in [6.07, 6.45) is 0.431. The molecular weight excluding hydrogens is 438 g/mol. The molecule has 0 spiro atoms. The average Bonchev–Trinajstić information content (AvgIpc) is 3.19. The first-order valence-electron chi connectivity index (χ1n) is 8.55. The molecule has 0 radical (unpaired) electrons. The Balaban J connectivity index is 2.24. The van der Waals surface area contributed by atoms with Gasteiger partial charge in [-0.15, -0.1) is 12.3 Å². The molecule has 1 fully saturated rings. The molecule has 0 unspecified atom stereocenters. The minimum atomic E-state index is -4.76. The van der Waals surface area contributed by atoms with Crippen LogP contribution in [0.25, 0.3) is 0 Å². The van der Waals surface area contributed by atoms with Gasteiger partial charge in [-0.3, -0.25) is 4.79 Å². The fourth-order valence-electron chi connectivity index (χ4n) is 3.25. The Bertz CT molecular complexity index is 930. The first-order valence-corrected chi connectivity index (χ1v) is 8.93. The fraction of sp³-hybridized carbons (Fsp3) is 0.450. The maximum Gasteiger partial charge on any atom is 0.426 e. The summed E-state index contributed by atoms with van der Waals surface area (Å²) < 4.78 is 90.5. The van der Waals surface area contributed by atoms with E-state index < -0.39 is 81.8 Å². The van der Waals surface area contributed by atoms with Crippen LogP contribution in [0.1, 0.15) is 25.0 Å². The largest absolute Gasteiger partial charge is 0.493 e. The number of halogens is 7. The molecule has 1 saturated carbocycles. The van der Waals surface area contributed by atoms with Crippen LogP contribution in [0.3, 0.4) is 0 Å². The number of rotatable bonds is 6. The van der Waals surface area contributed by atoms with Gasteiger partial charge in [0.2, 0.25) is 0 Å². The van der Waals surface area contributed by atoms with Crippen LogP contribution >= 0.6 is 11.6 Å². The van der Waals surface area contributed by atoms with Crippen molar-refractivity contribution in [1.29, 1.82) is 0 Å². The number of terminal acetylenes is 1. The Kier molecular flexibility index (Phi) is 6.72. The number of carbonyl (C=O) groups excluding carboxylic acids is 1. The first-order chi connectivity index (χ1) is 13.8. The highest BCUT2D eigenvalue weighted by Gasteiger charge is 2.62. The molecule has 1 aliphatic carbocycles. The number of alkyl halides is 3. The van der Waals surface area contributed by atoms with Gasteiger partial charge >= 0.3 is 12.1 Å². The second-order valence-corrected chi connectivity index (χ2v) is 7.67. The predicted octanol–water partition coefficient (Wildman–Crippen LogP) is 5.29. The molecule has 30 heavy (non-hydrogen) atoms. The molecular formula is C20H17ClF6O3. The molecule has 2 rings (SSSR count). The van der Waals surface area contributed by atoms with Crippen LogP contribution in [-0.2, 0) is 22.6 Å². The number of benzene rings is 1. The molecule has 1 aromatic rings. The van der Waals surface area contributed by atoms with Crippen molar-refractivity contribution in [2.45, 2.75) is 33.1 Å². The molecule has 0 N–H and O–H groups in total. The molecule has 0 aliphatic heterocycles. The van der Waals surface area contributed by atoms with Gasteiger partial charge < -0.3 is 9.47 Å². The lowest BCUT2D eigenvalue weighted by atomic mass is 10.1. The van der Waals surface area contributed by atoms with Gasteiger partial charge in [0.1, 0.15) is 11.6 Å². The summed E-state index contributed by atoms with van der Waals surface area (Å²) in [6.45, 7) is 2.15. The lowest BCUT2D eigenvalue weighted by molar-refractivity contribution is -0.147. The minimum absolute atomic E-state index is 0.532. The van der Waals surface area contributed by atoms with E-state index in [2.05, 4.69) is 0 Å². The Morgan fingerprint density at radius 1 is 1.20 bits per heavy atom. The Morgan fingerprint density at radius 2 is 1.77 bits per heavy atom. The molecule has 10 heteroatoms. The standard InChI is InChI=1S/C20H17ClF6O3/c1-5-6-9-14(22)15(23)10(17(29-4)16(9)24)8-30-18(28)13-11(19(13,2)3)7-12(21)20(25,26)27/h1,7,11,13H,6,8H2,2-4H3/b12-7-/t11-,13-/m1/s1. The summed E-state index contributed by atoms with van der Waals surface area (Å²) in [5, 5.41) is -1.38. The number of ether oxygens (including phenoxy) is 2. The van der Waals surface area contributed by atoms with Crippen LogP contribution in [0.5, 0.6) is 5.75 Å². The summed E-state index contributed by atoms with van der Waals surface area (Å²) in [6, 6.07) is 0. The van der Waals surface area contributed by atoms with Gasteiger partial charge in [-0.25, -0.2) is 13.2 Å². The number of hydrogen-bond acceptors (Lipinski definition) is 3. The summed E-state index contributed by atoms with van der Waals surface area (Å²) in [4.78, 5) is 12.3. The topological polar surface area (TPSA) is 35.5 Å². The molecule has 3 nitrogen and oxygen atoms in total. The van der Waals surface area contributed by atoms with Crippen molar-refractivity contribution >= 4 is 17.6 Å². The Morgan fingerprint density at radius 3 is 2.27 bits per heavy atom. The van der Waals surface area contributed by atoms with Crippen molar-refractivity contribution in [3.8, 4) is 18.1 Å². The number of methoxy groups -OCH3 is 1. The zero-order valence-corrected chi connectivity index (χ0v) is 16.9. The normalized spacial score (nSPS) is 20.5. The third kappa shape index (κ3) is 4.38. The van der Waals surface area contributed by atoms with Gasteiger partial charge in [0.15, 0.2) is 23.2 Å². The fourth-order valence-corrected chi connectivity index (χ4v) is 3.39. The van der Waals surface area contributed by atoms with E-state index in [1.165, 1.54) is 13.8 Å². The molecule has 0 heterocycles. The van der Waals surface area contributed by atoms with Gasteiger partial charge in [0, 0.05) is 12.0 Å². The molecule has 0 amide bonds. The zero-order valence-electron chi connectivity index (χ0n) is 16.1. The van der Waals surface area contributed by atoms with Gasteiger partial charge in [-0.2, -0.15) is 13.2 Å². The SMILES string of the molecule is C#CCc1c(F)c(F)c(COC(=O)[C@H]2[C@@H](/C=C(\Cl)C(F)(F)F)C2(C)C)c(OC)c1F. The summed E-state index contributed by atoms with van der Waals surface area (Å²) in [7, 11) is 1.00. The van der Waals surface area contributed by atoms with Crippen LogP contribution in [0, 0.1) is 47.0 Å². The van der Waals surface area contributed by atoms with E-state index in [0.717, 1.165) is 7.11 Å². The molecule has 1 aliphatic rings. The second kappa shape index (κ2) is 8.42. The van der Waals surface area contributed by atoms with E-state index in [9.17, 15) is 31.1 Å². The lowest BCUT2D eigenvalue weighted by Crippen LogP contribution is -2.14. The van der Waals surface area contributed by atoms with Crippen LogP contribution < -0.4 is 4.74 Å². The highest BCUT2D eigenvalue weighted by molar-refractivity contribution is 6.30. The monoisotopic (exact) mass is 454 g/mol. The number of esters is 1. The van der Waals surface area contributed by atoms with Gasteiger partial charge in [0.25, 0.3) is 0 Å². The first kappa shape index (κ1) is 23.9. The number of allylic oxidation sites excluding steroid dienone is 2. The molecule has 164 valence electrons. The maximum absolute atomic E-state index is 14.4. The predicted molar refractivity (Wildman–Crippen MR) is 96.0 cm³/mol. The van der Waals surface area contributed by atoms with Crippen molar-refractivity contribution in [2.75, 3.05) is 7.11 Å². The Labute approximate surface area is 174 Å². The second-order valence-electron chi connectivity index (χ2n) is 7.26. The van der Waals surface area contributed by atoms with Crippen molar-refractivity contribution in [3.05, 3.63) is 39.7 Å². The van der Waals surface area contributed by atoms with Crippen molar-refractivity contribution < 1.29 is 40.6 Å². The van der Waals surface area contributed by atoms with Gasteiger partial charge in [0.05, 0.1) is 18.6 Å². The van der Waals surface area contributed by atoms with Crippen LogP contribution in [-0.4, -0.2) is 19.3 Å². The van der Waals surface area contributed by atoms with Crippen LogP contribution in [0.2, 0.25) is 0 Å². The van der Waals surface area contributed by atoms with Gasteiger partial charge in [-0.1, -0.05) is 31.5 Å². The lowest BCUT2D eigenvalue weighted by Gasteiger charge is -2.15. The molecule has 0 aromatic heterocycles.